The maximum atomic E-state index is 13.2. The minimum atomic E-state index is -2.41. The first kappa shape index (κ1) is 24.4. The normalized spacial score (nSPS) is 14.0. The smallest absolute Gasteiger partial charge is 0.274 e. The minimum Gasteiger partial charge on any atom is -0.771 e. The average Bonchev–Trinajstić information content (AvgIpc) is 3.29. The van der Waals surface area contributed by atoms with Crippen LogP contribution in [0.5, 0.6) is 0 Å². The van der Waals surface area contributed by atoms with Crippen LogP contribution in [0.1, 0.15) is 26.9 Å². The minimum absolute atomic E-state index is 0.0835. The summed E-state index contributed by atoms with van der Waals surface area (Å²) in [5.74, 6) is -1.56. The Morgan fingerprint density at radius 1 is 1.11 bits per heavy atom. The van der Waals surface area contributed by atoms with Crippen LogP contribution >= 0.6 is 0 Å². The lowest BCUT2D eigenvalue weighted by atomic mass is 10.1. The number of carbonyl (C=O) groups excluding carboxylic acids is 2. The molecule has 1 fully saturated rings. The van der Waals surface area contributed by atoms with Crippen LogP contribution in [0.25, 0.3) is 22.6 Å². The zero-order valence-electron chi connectivity index (χ0n) is 19.2. The van der Waals surface area contributed by atoms with Gasteiger partial charge in [-0.2, -0.15) is 5.10 Å². The van der Waals surface area contributed by atoms with Crippen LogP contribution in [0, 0.1) is 0 Å². The number of anilines is 1. The van der Waals surface area contributed by atoms with Crippen LogP contribution < -0.4 is 10.6 Å². The number of pyridine rings is 3. The molecular weight excluding hydrogens is 498 g/mol. The summed E-state index contributed by atoms with van der Waals surface area (Å²) < 4.78 is 28.5. The molecule has 1 unspecified atom stereocenters. The Hall–Kier alpha value is -4.33. The molecule has 0 aliphatic carbocycles. The molecule has 0 spiro atoms. The van der Waals surface area contributed by atoms with E-state index in [9.17, 15) is 18.4 Å². The molecule has 0 saturated carbocycles. The molecule has 5 rings (SSSR count). The van der Waals surface area contributed by atoms with Crippen LogP contribution in [0.2, 0.25) is 0 Å². The van der Waals surface area contributed by atoms with Gasteiger partial charge in [0.05, 0.1) is 47.8 Å². The van der Waals surface area contributed by atoms with Gasteiger partial charge in [0, 0.05) is 30.4 Å². The maximum Gasteiger partial charge on any atom is 0.274 e. The Balaban J connectivity index is 1.39. The molecule has 0 radical (unpaired) electrons. The van der Waals surface area contributed by atoms with Gasteiger partial charge in [0.1, 0.15) is 11.4 Å². The lowest BCUT2D eigenvalue weighted by Crippen LogP contribution is -2.30. The van der Waals surface area contributed by atoms with E-state index in [-0.39, 0.29) is 17.3 Å². The number of nitrogens with zero attached hydrogens (tertiary/aromatic N) is 5. The summed E-state index contributed by atoms with van der Waals surface area (Å²) in [6.45, 7) is 1.08. The van der Waals surface area contributed by atoms with Gasteiger partial charge in [-0.05, 0) is 41.4 Å². The number of aromatic nitrogens is 5. The highest BCUT2D eigenvalue weighted by Crippen LogP contribution is 2.29. The van der Waals surface area contributed by atoms with Gasteiger partial charge in [-0.3, -0.25) is 28.4 Å². The van der Waals surface area contributed by atoms with Crippen molar-refractivity contribution in [2.24, 2.45) is 0 Å². The van der Waals surface area contributed by atoms with Crippen molar-refractivity contribution in [3.05, 3.63) is 78.5 Å². The maximum absolute atomic E-state index is 13.2. The molecule has 1 saturated heterocycles. The van der Waals surface area contributed by atoms with E-state index in [1.54, 1.807) is 41.3 Å². The molecular formula is C24H20N7O5S-. The number of carbonyl (C=O) groups is 2. The third-order valence-electron chi connectivity index (χ3n) is 5.51. The van der Waals surface area contributed by atoms with Gasteiger partial charge >= 0.3 is 0 Å². The molecule has 12 nitrogen and oxygen atoms in total. The molecule has 0 aromatic carbocycles. The summed E-state index contributed by atoms with van der Waals surface area (Å²) in [5, 5.41) is 9.78. The number of rotatable bonds is 8. The summed E-state index contributed by atoms with van der Waals surface area (Å²) in [4.78, 5) is 38.2. The fourth-order valence-electron chi connectivity index (χ4n) is 3.58. The Morgan fingerprint density at radius 2 is 1.95 bits per heavy atom. The molecule has 4 aromatic rings. The lowest BCUT2D eigenvalue weighted by Gasteiger charge is -2.25. The van der Waals surface area contributed by atoms with E-state index in [0.29, 0.717) is 41.5 Å². The van der Waals surface area contributed by atoms with Crippen molar-refractivity contribution in [3.8, 4) is 22.6 Å². The number of ether oxygens (including phenoxy) is 1. The second kappa shape index (κ2) is 10.7. The van der Waals surface area contributed by atoms with E-state index in [2.05, 4.69) is 30.7 Å². The summed E-state index contributed by atoms with van der Waals surface area (Å²) in [6.07, 6.45) is 6.21. The van der Waals surface area contributed by atoms with Crippen molar-refractivity contribution in [2.45, 2.75) is 6.04 Å². The predicted molar refractivity (Wildman–Crippen MR) is 132 cm³/mol. The molecule has 5 heterocycles. The topological polar surface area (TPSA) is 164 Å². The summed E-state index contributed by atoms with van der Waals surface area (Å²) >= 11 is -2.41. The molecule has 2 N–H and O–H groups in total. The molecule has 13 heteroatoms. The van der Waals surface area contributed by atoms with E-state index in [1.807, 2.05) is 12.1 Å². The van der Waals surface area contributed by atoms with Gasteiger partial charge in [0.2, 0.25) is 0 Å². The highest BCUT2D eigenvalue weighted by Gasteiger charge is 2.25. The SMILES string of the molecule is O=C(NCS(=O)[O-])c1cncc(-c2cccc(C(=O)Nc3cn(C4COC4)nc3-c3ccccn3)n2)c1. The number of hydrogen-bond donors (Lipinski definition) is 2. The molecule has 4 aromatic heterocycles. The molecule has 0 bridgehead atoms. The summed E-state index contributed by atoms with van der Waals surface area (Å²) in [6, 6.07) is 12.0. The van der Waals surface area contributed by atoms with Gasteiger partial charge in [-0.25, -0.2) is 4.98 Å². The fourth-order valence-corrected chi connectivity index (χ4v) is 3.83. The molecule has 1 aliphatic heterocycles. The van der Waals surface area contributed by atoms with Crippen molar-refractivity contribution in [3.63, 3.8) is 0 Å². The van der Waals surface area contributed by atoms with E-state index >= 15 is 0 Å². The van der Waals surface area contributed by atoms with Crippen molar-refractivity contribution < 1.29 is 23.1 Å². The zero-order chi connectivity index (χ0) is 25.8. The number of nitrogens with one attached hydrogen (secondary N) is 2. The predicted octanol–water partition coefficient (Wildman–Crippen LogP) is 1.79. The first-order chi connectivity index (χ1) is 18.0. The largest absolute Gasteiger partial charge is 0.771 e. The molecule has 1 atom stereocenters. The first-order valence-electron chi connectivity index (χ1n) is 11.1. The van der Waals surface area contributed by atoms with E-state index in [0.717, 1.165) is 0 Å². The number of hydrogen-bond acceptors (Lipinski definition) is 9. The molecule has 188 valence electrons. The van der Waals surface area contributed by atoms with Crippen molar-refractivity contribution >= 4 is 28.6 Å². The second-order valence-corrected chi connectivity index (χ2v) is 8.95. The van der Waals surface area contributed by atoms with E-state index < -0.39 is 28.8 Å². The lowest BCUT2D eigenvalue weighted by molar-refractivity contribution is -0.0285. The van der Waals surface area contributed by atoms with Gasteiger partial charge in [-0.15, -0.1) is 0 Å². The summed E-state index contributed by atoms with van der Waals surface area (Å²) in [5.41, 5.74) is 2.82. The highest BCUT2D eigenvalue weighted by molar-refractivity contribution is 7.79. The van der Waals surface area contributed by atoms with Crippen LogP contribution in [0.4, 0.5) is 5.69 Å². The average molecular weight is 519 g/mol. The summed E-state index contributed by atoms with van der Waals surface area (Å²) in [7, 11) is 0. The van der Waals surface area contributed by atoms with Gasteiger partial charge in [0.25, 0.3) is 11.8 Å². The third-order valence-corrected chi connectivity index (χ3v) is 5.89. The van der Waals surface area contributed by atoms with Crippen molar-refractivity contribution in [1.29, 1.82) is 0 Å². The standard InChI is InChI=1S/C24H21N7O5S/c32-23(27-14-37(34)35)16-8-15(9-25-10-16)18-5-3-6-20(28-18)24(33)29-21-11-31(17-12-36-13-17)30-22(21)19-4-1-2-7-26-19/h1-11,17H,12-14H2,(H,27,32)(H,29,33)(H,34,35)/p-1. The first-order valence-corrected chi connectivity index (χ1v) is 12.4. The Labute approximate surface area is 213 Å². The van der Waals surface area contributed by atoms with Gasteiger partial charge in [0.15, 0.2) is 0 Å². The Kier molecular flexibility index (Phi) is 7.07. The van der Waals surface area contributed by atoms with Gasteiger partial charge < -0.3 is 19.9 Å². The quantitative estimate of drug-likeness (QED) is 0.331. The molecule has 37 heavy (non-hydrogen) atoms. The van der Waals surface area contributed by atoms with Crippen LogP contribution in [-0.4, -0.2) is 64.4 Å². The number of amides is 2. The Bertz CT molecular complexity index is 1470. The highest BCUT2D eigenvalue weighted by atomic mass is 32.2. The second-order valence-electron chi connectivity index (χ2n) is 8.06. The van der Waals surface area contributed by atoms with Crippen LogP contribution in [0.3, 0.4) is 0 Å². The van der Waals surface area contributed by atoms with E-state index in [1.165, 1.54) is 18.5 Å². The molecule has 1 aliphatic rings. The monoisotopic (exact) mass is 518 g/mol. The zero-order valence-corrected chi connectivity index (χ0v) is 20.1. The van der Waals surface area contributed by atoms with Crippen LogP contribution in [-0.2, 0) is 15.8 Å². The molecule has 2 amide bonds. The van der Waals surface area contributed by atoms with E-state index in [4.69, 9.17) is 4.74 Å². The van der Waals surface area contributed by atoms with Crippen molar-refractivity contribution in [2.75, 3.05) is 24.4 Å². The van der Waals surface area contributed by atoms with Crippen molar-refractivity contribution in [1.82, 2.24) is 30.0 Å². The third kappa shape index (κ3) is 5.58. The Morgan fingerprint density at radius 3 is 2.68 bits per heavy atom. The van der Waals surface area contributed by atoms with Gasteiger partial charge in [-0.1, -0.05) is 12.1 Å². The van der Waals surface area contributed by atoms with Crippen LogP contribution in [0.15, 0.2) is 67.3 Å². The fraction of sp³-hybridized carbons (Fsp3) is 0.167.